The first kappa shape index (κ1) is 40.2. The van der Waals surface area contributed by atoms with Gasteiger partial charge in [0.05, 0.1) is 16.7 Å². The molecular weight excluding hydrogens is 861 g/mol. The predicted molar refractivity (Wildman–Crippen MR) is 293 cm³/mol. The molecule has 0 atom stereocenters. The third kappa shape index (κ3) is 5.70. The minimum atomic E-state index is -0.149. The van der Waals surface area contributed by atoms with Crippen LogP contribution in [0.1, 0.15) is 49.9 Å². The maximum atomic E-state index is 5.26. The van der Waals surface area contributed by atoms with E-state index in [1.54, 1.807) is 0 Å². The van der Waals surface area contributed by atoms with E-state index in [1.165, 1.54) is 99.8 Å². The maximum absolute atomic E-state index is 5.26. The number of hydrogen-bond donors (Lipinski definition) is 0. The molecule has 0 spiro atoms. The van der Waals surface area contributed by atoms with Crippen molar-refractivity contribution in [2.75, 3.05) is 0 Å². The molecule has 0 saturated carbocycles. The van der Waals surface area contributed by atoms with E-state index in [0.717, 1.165) is 33.0 Å². The topological polar surface area (TPSA) is 43.6 Å². The fraction of sp³-hybridized carbons (Fsp3) is 0.0896. The van der Waals surface area contributed by atoms with Crippen molar-refractivity contribution in [3.8, 4) is 95.5 Å². The van der Waals surface area contributed by atoms with Gasteiger partial charge >= 0.3 is 0 Å². The van der Waals surface area contributed by atoms with Crippen molar-refractivity contribution in [3.63, 3.8) is 0 Å². The van der Waals surface area contributed by atoms with Crippen LogP contribution in [0.15, 0.2) is 206 Å². The zero-order chi connectivity index (χ0) is 47.3. The fourth-order valence-corrected chi connectivity index (χ4v) is 12.5. The van der Waals surface area contributed by atoms with Gasteiger partial charge in [0.15, 0.2) is 17.5 Å². The molecule has 2 aliphatic carbocycles. The first-order chi connectivity index (χ1) is 34.7. The second-order valence-electron chi connectivity index (χ2n) is 20.8. The van der Waals surface area contributed by atoms with Gasteiger partial charge in [0.2, 0.25) is 0 Å². The average molecular weight is 907 g/mol. The van der Waals surface area contributed by atoms with Gasteiger partial charge in [-0.3, -0.25) is 0 Å². The number of para-hydroxylation sites is 1. The molecule has 0 bridgehead atoms. The quantitative estimate of drug-likeness (QED) is 0.173. The zero-order valence-electron chi connectivity index (χ0n) is 39.9. The third-order valence-electron chi connectivity index (χ3n) is 16.2. The Balaban J connectivity index is 0.838. The zero-order valence-corrected chi connectivity index (χ0v) is 39.9. The Labute approximate surface area is 412 Å². The fourth-order valence-electron chi connectivity index (χ4n) is 12.5. The van der Waals surface area contributed by atoms with Gasteiger partial charge in [-0.1, -0.05) is 198 Å². The maximum Gasteiger partial charge on any atom is 0.164 e. The van der Waals surface area contributed by atoms with E-state index in [0.29, 0.717) is 17.5 Å². The Hall–Kier alpha value is -8.73. The molecule has 334 valence electrons. The molecule has 4 nitrogen and oxygen atoms in total. The number of rotatable bonds is 5. The minimum Gasteiger partial charge on any atom is -0.308 e. The van der Waals surface area contributed by atoms with Gasteiger partial charge in [0.1, 0.15) is 0 Å². The summed E-state index contributed by atoms with van der Waals surface area (Å²) in [4.78, 5) is 15.7. The molecule has 15 rings (SSSR count). The number of nitrogens with zero attached hydrogens (tertiary/aromatic N) is 4. The molecule has 0 saturated heterocycles. The SMILES string of the molecule is CC1(C)c2ccccc2-c2ccc(-c3nc(-c4ccc(-c5ccccc5)cc4)nc(-c4ccc5cc(-c6ccc7c(c6)c6ccc8c9c6n7-c6ccccc6-c6cccc(c6-9)C8(C)C)ccc5c4)n3)cc21. The predicted octanol–water partition coefficient (Wildman–Crippen LogP) is 17.0. The van der Waals surface area contributed by atoms with E-state index in [1.807, 2.05) is 6.07 Å². The molecule has 1 aliphatic heterocycles. The van der Waals surface area contributed by atoms with Crippen LogP contribution >= 0.6 is 0 Å². The highest BCUT2D eigenvalue weighted by Crippen LogP contribution is 2.58. The summed E-state index contributed by atoms with van der Waals surface area (Å²) in [6, 6.07) is 75.6. The van der Waals surface area contributed by atoms with Crippen LogP contribution in [-0.4, -0.2) is 19.5 Å². The van der Waals surface area contributed by atoms with Crippen LogP contribution in [0.5, 0.6) is 0 Å². The summed E-state index contributed by atoms with van der Waals surface area (Å²) in [6.07, 6.45) is 0. The second-order valence-corrected chi connectivity index (χ2v) is 20.8. The summed E-state index contributed by atoms with van der Waals surface area (Å²) in [7, 11) is 0. The lowest BCUT2D eigenvalue weighted by molar-refractivity contribution is 0.660. The lowest BCUT2D eigenvalue weighted by atomic mass is 9.81. The molecule has 4 heteroatoms. The molecule has 0 radical (unpaired) electrons. The highest BCUT2D eigenvalue weighted by molar-refractivity contribution is 6.19. The molecule has 3 heterocycles. The van der Waals surface area contributed by atoms with E-state index in [9.17, 15) is 0 Å². The van der Waals surface area contributed by atoms with Crippen molar-refractivity contribution in [2.45, 2.75) is 38.5 Å². The van der Waals surface area contributed by atoms with Crippen molar-refractivity contribution >= 4 is 32.6 Å². The van der Waals surface area contributed by atoms with Crippen molar-refractivity contribution < 1.29 is 0 Å². The number of fused-ring (bicyclic) bond motifs is 10. The van der Waals surface area contributed by atoms with Crippen LogP contribution in [-0.2, 0) is 10.8 Å². The van der Waals surface area contributed by atoms with E-state index in [2.05, 4.69) is 232 Å². The van der Waals surface area contributed by atoms with Crippen LogP contribution < -0.4 is 0 Å². The van der Waals surface area contributed by atoms with Crippen LogP contribution in [0.3, 0.4) is 0 Å². The van der Waals surface area contributed by atoms with E-state index < -0.39 is 0 Å². The smallest absolute Gasteiger partial charge is 0.164 e. The van der Waals surface area contributed by atoms with Gasteiger partial charge in [-0.25, -0.2) is 15.0 Å². The molecule has 12 aromatic rings. The number of hydrogen-bond acceptors (Lipinski definition) is 3. The van der Waals surface area contributed by atoms with Gasteiger partial charge in [-0.2, -0.15) is 0 Å². The van der Waals surface area contributed by atoms with Crippen molar-refractivity contribution in [1.29, 1.82) is 0 Å². The number of aromatic nitrogens is 4. The Morgan fingerprint density at radius 2 is 0.859 bits per heavy atom. The van der Waals surface area contributed by atoms with Gasteiger partial charge in [-0.15, -0.1) is 0 Å². The largest absolute Gasteiger partial charge is 0.308 e. The molecule has 0 unspecified atom stereocenters. The lowest BCUT2D eigenvalue weighted by Crippen LogP contribution is -2.15. The summed E-state index contributed by atoms with van der Waals surface area (Å²) in [5.41, 5.74) is 24.5. The Morgan fingerprint density at radius 1 is 0.324 bits per heavy atom. The summed E-state index contributed by atoms with van der Waals surface area (Å²) >= 11 is 0. The Kier molecular flexibility index (Phi) is 8.16. The highest BCUT2D eigenvalue weighted by Gasteiger charge is 2.41. The van der Waals surface area contributed by atoms with Crippen LogP contribution in [0, 0.1) is 0 Å². The summed E-state index contributed by atoms with van der Waals surface area (Å²) in [6.45, 7) is 9.40. The minimum absolute atomic E-state index is 0.0884. The third-order valence-corrected chi connectivity index (χ3v) is 16.2. The molecule has 0 fully saturated rings. The van der Waals surface area contributed by atoms with Crippen molar-refractivity contribution in [2.24, 2.45) is 0 Å². The second kappa shape index (κ2) is 14.4. The molecule has 0 N–H and O–H groups in total. The molecule has 10 aromatic carbocycles. The normalized spacial score (nSPS) is 14.1. The molecular formula is C67H46N4. The van der Waals surface area contributed by atoms with E-state index in [4.69, 9.17) is 15.0 Å². The van der Waals surface area contributed by atoms with Crippen LogP contribution in [0.2, 0.25) is 0 Å². The first-order valence-electron chi connectivity index (χ1n) is 24.8. The standard InChI is InChI=1S/C67H46N4/c1-66(2)54-18-10-8-15-48(54)49-31-29-47(38-57(49)66)65-69-63(41-23-21-40(22-24-41)39-13-6-5-7-14-39)68-64(70-65)46-28-27-42-35-43(25-26-44(42)36-46)45-30-34-59-53(37-45)52-32-33-56-61-60-51(17-12-19-55(60)67(56,3)4)50-16-9-11-20-58(50)71(59)62(52)61/h5-38H,1-4H3. The van der Waals surface area contributed by atoms with E-state index in [-0.39, 0.29) is 10.8 Å². The van der Waals surface area contributed by atoms with Crippen molar-refractivity contribution in [3.05, 3.63) is 229 Å². The van der Waals surface area contributed by atoms with Crippen LogP contribution in [0.25, 0.3) is 128 Å². The lowest BCUT2D eigenvalue weighted by Gasteiger charge is -2.22. The van der Waals surface area contributed by atoms with Crippen molar-refractivity contribution in [1.82, 2.24) is 19.5 Å². The van der Waals surface area contributed by atoms with Gasteiger partial charge in [-0.05, 0) is 114 Å². The molecule has 71 heavy (non-hydrogen) atoms. The monoisotopic (exact) mass is 906 g/mol. The van der Waals surface area contributed by atoms with Gasteiger partial charge in [0.25, 0.3) is 0 Å². The van der Waals surface area contributed by atoms with Gasteiger partial charge < -0.3 is 4.57 Å². The first-order valence-corrected chi connectivity index (χ1v) is 24.8. The summed E-state index contributed by atoms with van der Waals surface area (Å²) < 4.78 is 2.54. The Morgan fingerprint density at radius 3 is 1.66 bits per heavy atom. The molecule has 3 aliphatic rings. The van der Waals surface area contributed by atoms with Gasteiger partial charge in [0, 0.05) is 49.4 Å². The summed E-state index contributed by atoms with van der Waals surface area (Å²) in [5, 5.41) is 4.85. The molecule has 2 aromatic heterocycles. The molecule has 0 amide bonds. The summed E-state index contributed by atoms with van der Waals surface area (Å²) in [5.74, 6) is 1.95. The highest BCUT2D eigenvalue weighted by atomic mass is 15.0. The average Bonchev–Trinajstić information content (AvgIpc) is 3.94. The number of benzene rings is 10. The Bertz CT molecular complexity index is 4270. The van der Waals surface area contributed by atoms with E-state index >= 15 is 0 Å². The van der Waals surface area contributed by atoms with Crippen LogP contribution in [0.4, 0.5) is 0 Å².